The first-order valence-corrected chi connectivity index (χ1v) is 11.0. The van der Waals surface area contributed by atoms with Crippen LogP contribution in [0.25, 0.3) is 0 Å². The molecule has 1 aliphatic carbocycles. The number of esters is 1. The summed E-state index contributed by atoms with van der Waals surface area (Å²) < 4.78 is 5.11. The van der Waals surface area contributed by atoms with Crippen LogP contribution < -0.4 is 0 Å². The van der Waals surface area contributed by atoms with E-state index in [1.54, 1.807) is 13.0 Å². The second kappa shape index (κ2) is 10.4. The highest BCUT2D eigenvalue weighted by atomic mass is 127. The van der Waals surface area contributed by atoms with Crippen molar-refractivity contribution in [1.82, 2.24) is 0 Å². The van der Waals surface area contributed by atoms with Gasteiger partial charge in [-0.3, -0.25) is 4.79 Å². The van der Waals surface area contributed by atoms with Gasteiger partial charge in [-0.05, 0) is 51.9 Å². The number of rotatable bonds is 6. The molecule has 24 heavy (non-hydrogen) atoms. The normalized spacial score (nSPS) is 19.8. The molecule has 4 nitrogen and oxygen atoms in total. The van der Waals surface area contributed by atoms with E-state index >= 15 is 0 Å². The number of allylic oxidation sites excluding steroid dienone is 3. The lowest BCUT2D eigenvalue weighted by atomic mass is 9.67. The monoisotopic (exact) mass is 454 g/mol. The largest absolute Gasteiger partial charge is 0.466 e. The molecule has 1 rings (SSSR count). The van der Waals surface area contributed by atoms with Gasteiger partial charge in [0.15, 0.2) is 5.41 Å². The molecule has 0 unspecified atom stereocenters. The lowest BCUT2D eigenvalue weighted by Crippen LogP contribution is -2.31. The first kappa shape index (κ1) is 20.6. The van der Waals surface area contributed by atoms with Crippen molar-refractivity contribution in [2.24, 2.45) is 17.3 Å². The van der Waals surface area contributed by atoms with Crippen LogP contribution in [-0.4, -0.2) is 12.6 Å². The SMILES string of the molecule is C=CC[C@@H]1C[C@@H](C(=O)OCC)CC=C1C(C#N)(C#N)CC#CSI. The van der Waals surface area contributed by atoms with E-state index in [1.165, 1.54) is 8.93 Å². The maximum Gasteiger partial charge on any atom is 0.309 e. The number of hydrogen-bond donors (Lipinski definition) is 0. The Morgan fingerprint density at radius 1 is 1.58 bits per heavy atom. The average Bonchev–Trinajstić information content (AvgIpc) is 2.60. The van der Waals surface area contributed by atoms with E-state index in [0.29, 0.717) is 25.9 Å². The second-order valence-electron chi connectivity index (χ2n) is 5.46. The van der Waals surface area contributed by atoms with Gasteiger partial charge < -0.3 is 4.74 Å². The number of nitriles is 2. The summed E-state index contributed by atoms with van der Waals surface area (Å²) in [5.74, 6) is 2.37. The minimum absolute atomic E-state index is 0.0704. The van der Waals surface area contributed by atoms with Crippen molar-refractivity contribution >= 4 is 36.1 Å². The fourth-order valence-corrected chi connectivity index (χ4v) is 3.53. The van der Waals surface area contributed by atoms with Crippen LogP contribution in [0.4, 0.5) is 0 Å². The summed E-state index contributed by atoms with van der Waals surface area (Å²) in [5, 5.41) is 22.2. The Kier molecular flexibility index (Phi) is 8.97. The van der Waals surface area contributed by atoms with Crippen molar-refractivity contribution in [3.05, 3.63) is 24.3 Å². The van der Waals surface area contributed by atoms with E-state index in [9.17, 15) is 15.3 Å². The number of halogens is 1. The van der Waals surface area contributed by atoms with Crippen LogP contribution in [0, 0.1) is 51.1 Å². The van der Waals surface area contributed by atoms with Gasteiger partial charge in [-0.15, -0.1) is 6.58 Å². The fraction of sp³-hybridized carbons (Fsp3) is 0.500. The molecule has 0 amide bonds. The number of ether oxygens (including phenoxy) is 1. The fourth-order valence-electron chi connectivity index (χ4n) is 2.93. The highest BCUT2D eigenvalue weighted by Crippen LogP contribution is 2.43. The van der Waals surface area contributed by atoms with Gasteiger partial charge >= 0.3 is 5.97 Å². The van der Waals surface area contributed by atoms with E-state index in [0.717, 1.165) is 5.57 Å². The summed E-state index contributed by atoms with van der Waals surface area (Å²) in [5.41, 5.74) is -0.507. The summed E-state index contributed by atoms with van der Waals surface area (Å²) in [7, 11) is 1.32. The number of carbonyl (C=O) groups excluding carboxylic acids is 1. The van der Waals surface area contributed by atoms with Crippen LogP contribution in [0.5, 0.6) is 0 Å². The molecule has 0 N–H and O–H groups in total. The third-order valence-electron chi connectivity index (χ3n) is 4.04. The second-order valence-corrected chi connectivity index (χ2v) is 7.14. The van der Waals surface area contributed by atoms with E-state index < -0.39 is 5.41 Å². The van der Waals surface area contributed by atoms with Crippen molar-refractivity contribution < 1.29 is 9.53 Å². The van der Waals surface area contributed by atoms with Crippen molar-refractivity contribution in [3.63, 3.8) is 0 Å². The summed E-state index contributed by atoms with van der Waals surface area (Å²) >= 11 is 2.05. The smallest absolute Gasteiger partial charge is 0.309 e. The van der Waals surface area contributed by atoms with Crippen molar-refractivity contribution in [3.8, 4) is 23.3 Å². The zero-order valence-electron chi connectivity index (χ0n) is 13.5. The molecule has 0 saturated heterocycles. The van der Waals surface area contributed by atoms with Gasteiger partial charge in [0.2, 0.25) is 0 Å². The van der Waals surface area contributed by atoms with Crippen molar-refractivity contribution in [2.75, 3.05) is 6.61 Å². The predicted octanol–water partition coefficient (Wildman–Crippen LogP) is 4.55. The van der Waals surface area contributed by atoms with Crippen LogP contribution in [0.2, 0.25) is 0 Å². The molecule has 0 radical (unpaired) electrons. The molecular formula is C18H19IN2O2S. The summed E-state index contributed by atoms with van der Waals surface area (Å²) in [6, 6.07) is 4.31. The maximum atomic E-state index is 12.0. The van der Waals surface area contributed by atoms with Gasteiger partial charge in [0.05, 0.1) is 24.7 Å². The molecule has 0 aromatic rings. The quantitative estimate of drug-likeness (QED) is 0.255. The number of hydrogen-bond acceptors (Lipinski definition) is 5. The van der Waals surface area contributed by atoms with Gasteiger partial charge in [0.25, 0.3) is 0 Å². The van der Waals surface area contributed by atoms with Crippen molar-refractivity contribution in [2.45, 2.75) is 32.6 Å². The summed E-state index contributed by atoms with van der Waals surface area (Å²) in [6.45, 7) is 5.89. The number of carbonyl (C=O) groups is 1. The van der Waals surface area contributed by atoms with Crippen LogP contribution in [0.1, 0.15) is 32.6 Å². The molecule has 126 valence electrons. The zero-order chi connectivity index (χ0) is 18.0. The van der Waals surface area contributed by atoms with E-state index in [-0.39, 0.29) is 24.2 Å². The molecule has 0 spiro atoms. The first-order valence-electron chi connectivity index (χ1n) is 7.64. The minimum Gasteiger partial charge on any atom is -0.466 e. The zero-order valence-corrected chi connectivity index (χ0v) is 16.5. The third-order valence-corrected chi connectivity index (χ3v) is 4.92. The van der Waals surface area contributed by atoms with Gasteiger partial charge in [-0.2, -0.15) is 10.5 Å². The Balaban J connectivity index is 3.16. The van der Waals surface area contributed by atoms with Gasteiger partial charge in [0.1, 0.15) is 0 Å². The summed E-state index contributed by atoms with van der Waals surface area (Å²) in [6.07, 6.45) is 5.46. The molecule has 2 atom stereocenters. The van der Waals surface area contributed by atoms with Crippen LogP contribution in [-0.2, 0) is 9.53 Å². The lowest BCUT2D eigenvalue weighted by Gasteiger charge is -2.33. The third kappa shape index (κ3) is 5.03. The van der Waals surface area contributed by atoms with Gasteiger partial charge in [-0.1, -0.05) is 18.1 Å². The molecule has 0 heterocycles. The molecule has 6 heteroatoms. The van der Waals surface area contributed by atoms with Gasteiger partial charge in [0, 0.05) is 27.6 Å². The molecule has 0 saturated carbocycles. The van der Waals surface area contributed by atoms with E-state index in [4.69, 9.17) is 4.74 Å². The molecule has 0 aromatic heterocycles. The van der Waals surface area contributed by atoms with Gasteiger partial charge in [-0.25, -0.2) is 0 Å². The average molecular weight is 454 g/mol. The van der Waals surface area contributed by atoms with Crippen LogP contribution >= 0.6 is 30.1 Å². The number of nitrogens with zero attached hydrogens (tertiary/aromatic N) is 2. The van der Waals surface area contributed by atoms with E-state index in [1.807, 2.05) is 6.08 Å². The molecule has 1 aliphatic rings. The van der Waals surface area contributed by atoms with E-state index in [2.05, 4.69) is 51.1 Å². The minimum atomic E-state index is -1.27. The standard InChI is InChI=1S/C18H19IN2O2S/c1-3-6-14-11-15(17(22)23-4-2)7-8-16(14)18(12-20,13-21)9-5-10-24-19/h3,8,14-15H,1,4,6-7,9,11H2,2H3/t14-,15+/m1/s1. The molecule has 0 bridgehead atoms. The first-order chi connectivity index (χ1) is 11.6. The molecule has 0 aromatic carbocycles. The Hall–Kier alpha value is -1.43. The topological polar surface area (TPSA) is 73.9 Å². The molecule has 0 aliphatic heterocycles. The Morgan fingerprint density at radius 3 is 2.83 bits per heavy atom. The Morgan fingerprint density at radius 2 is 2.29 bits per heavy atom. The molecule has 0 fully saturated rings. The predicted molar refractivity (Wildman–Crippen MR) is 103 cm³/mol. The van der Waals surface area contributed by atoms with Crippen molar-refractivity contribution in [1.29, 1.82) is 10.5 Å². The summed E-state index contributed by atoms with van der Waals surface area (Å²) in [4.78, 5) is 12.0. The Labute approximate surface area is 159 Å². The van der Waals surface area contributed by atoms with Crippen LogP contribution in [0.15, 0.2) is 24.3 Å². The molecular weight excluding hydrogens is 435 g/mol. The lowest BCUT2D eigenvalue weighted by molar-refractivity contribution is -0.148. The van der Waals surface area contributed by atoms with Crippen LogP contribution in [0.3, 0.4) is 0 Å². The highest BCUT2D eigenvalue weighted by Gasteiger charge is 2.41. The highest BCUT2D eigenvalue weighted by molar-refractivity contribution is 14.2. The Bertz CT molecular complexity index is 635. The maximum absolute atomic E-state index is 12.0.